The van der Waals surface area contributed by atoms with Crippen LogP contribution >= 0.6 is 11.6 Å². The van der Waals surface area contributed by atoms with Crippen LogP contribution in [0.3, 0.4) is 0 Å². The van der Waals surface area contributed by atoms with E-state index >= 15 is 0 Å². The predicted molar refractivity (Wildman–Crippen MR) is 89.3 cm³/mol. The van der Waals surface area contributed by atoms with Crippen molar-refractivity contribution in [1.82, 2.24) is 0 Å². The first kappa shape index (κ1) is 16.7. The summed E-state index contributed by atoms with van der Waals surface area (Å²) in [6.07, 6.45) is 1.73. The molecule has 3 rings (SSSR count). The smallest absolute Gasteiger partial charge is 0.387 e. The van der Waals surface area contributed by atoms with Crippen molar-refractivity contribution in [2.45, 2.75) is 26.4 Å². The molecule has 0 spiro atoms. The fourth-order valence-electron chi connectivity index (χ4n) is 3.06. The summed E-state index contributed by atoms with van der Waals surface area (Å²) in [4.78, 5) is 14.6. The maximum atomic E-state index is 12.8. The van der Waals surface area contributed by atoms with E-state index < -0.39 is 6.61 Å². The number of nitrogens with zero attached hydrogens (tertiary/aromatic N) is 1. The van der Waals surface area contributed by atoms with Gasteiger partial charge in [0.15, 0.2) is 0 Å². The summed E-state index contributed by atoms with van der Waals surface area (Å²) in [5.74, 6) is -0.131. The summed E-state index contributed by atoms with van der Waals surface area (Å²) in [7, 11) is 0. The lowest BCUT2D eigenvalue weighted by atomic mass is 9.97. The SMILES string of the molecule is Cc1cc(Cl)cc2c1N(C(=O)c1ccc(OC(F)F)cc1)CCC2. The summed E-state index contributed by atoms with van der Waals surface area (Å²) in [5.41, 5.74) is 3.32. The van der Waals surface area contributed by atoms with Crippen LogP contribution in [0.15, 0.2) is 36.4 Å². The van der Waals surface area contributed by atoms with E-state index in [1.54, 1.807) is 4.90 Å². The number of anilines is 1. The molecule has 2 aromatic carbocycles. The van der Waals surface area contributed by atoms with E-state index in [9.17, 15) is 13.6 Å². The lowest BCUT2D eigenvalue weighted by molar-refractivity contribution is -0.0498. The minimum atomic E-state index is -2.88. The van der Waals surface area contributed by atoms with Crippen LogP contribution < -0.4 is 9.64 Å². The van der Waals surface area contributed by atoms with Crippen LogP contribution in [-0.4, -0.2) is 19.1 Å². The maximum absolute atomic E-state index is 12.8. The minimum Gasteiger partial charge on any atom is -0.435 e. The molecule has 1 amide bonds. The zero-order valence-corrected chi connectivity index (χ0v) is 13.8. The fourth-order valence-corrected chi connectivity index (χ4v) is 3.35. The maximum Gasteiger partial charge on any atom is 0.387 e. The third kappa shape index (κ3) is 3.36. The molecule has 0 bridgehead atoms. The second-order valence-electron chi connectivity index (χ2n) is 5.69. The molecule has 1 aliphatic heterocycles. The average Bonchev–Trinajstić information content (AvgIpc) is 2.53. The van der Waals surface area contributed by atoms with E-state index in [-0.39, 0.29) is 11.7 Å². The Morgan fingerprint density at radius 1 is 1.25 bits per heavy atom. The van der Waals surface area contributed by atoms with Crippen LogP contribution in [0.1, 0.15) is 27.9 Å². The van der Waals surface area contributed by atoms with Gasteiger partial charge in [0.25, 0.3) is 5.91 Å². The number of aryl methyl sites for hydroxylation is 2. The Balaban J connectivity index is 1.89. The highest BCUT2D eigenvalue weighted by atomic mass is 35.5. The molecule has 0 aliphatic carbocycles. The van der Waals surface area contributed by atoms with Crippen molar-refractivity contribution >= 4 is 23.2 Å². The number of amides is 1. The van der Waals surface area contributed by atoms with Gasteiger partial charge < -0.3 is 9.64 Å². The van der Waals surface area contributed by atoms with Crippen molar-refractivity contribution in [3.63, 3.8) is 0 Å². The Labute approximate surface area is 143 Å². The van der Waals surface area contributed by atoms with Gasteiger partial charge in [-0.2, -0.15) is 8.78 Å². The summed E-state index contributed by atoms with van der Waals surface area (Å²) in [5, 5.41) is 0.661. The number of hydrogen-bond acceptors (Lipinski definition) is 2. The Hall–Kier alpha value is -2.14. The molecule has 3 nitrogen and oxygen atoms in total. The van der Waals surface area contributed by atoms with Crippen molar-refractivity contribution < 1.29 is 18.3 Å². The lowest BCUT2D eigenvalue weighted by Crippen LogP contribution is -2.36. The minimum absolute atomic E-state index is 0.0311. The van der Waals surface area contributed by atoms with Crippen molar-refractivity contribution in [2.24, 2.45) is 0 Å². The van der Waals surface area contributed by atoms with Crippen molar-refractivity contribution in [3.05, 3.63) is 58.1 Å². The number of carbonyl (C=O) groups is 1. The van der Waals surface area contributed by atoms with Crippen molar-refractivity contribution in [2.75, 3.05) is 11.4 Å². The molecule has 0 saturated heterocycles. The van der Waals surface area contributed by atoms with Gasteiger partial charge in [-0.25, -0.2) is 0 Å². The average molecular weight is 352 g/mol. The van der Waals surface area contributed by atoms with E-state index in [2.05, 4.69) is 4.74 Å². The molecule has 0 unspecified atom stereocenters. The molecular weight excluding hydrogens is 336 g/mol. The molecule has 24 heavy (non-hydrogen) atoms. The number of alkyl halides is 2. The topological polar surface area (TPSA) is 29.5 Å². The number of hydrogen-bond donors (Lipinski definition) is 0. The first-order chi connectivity index (χ1) is 11.5. The molecule has 0 atom stereocenters. The van der Waals surface area contributed by atoms with Gasteiger partial charge in [0.2, 0.25) is 0 Å². The van der Waals surface area contributed by atoms with Gasteiger partial charge in [0.1, 0.15) is 5.75 Å². The van der Waals surface area contributed by atoms with Gasteiger partial charge in [0, 0.05) is 17.1 Å². The zero-order valence-electron chi connectivity index (χ0n) is 13.1. The molecule has 6 heteroatoms. The molecule has 0 N–H and O–H groups in total. The van der Waals surface area contributed by atoms with Gasteiger partial charge in [0.05, 0.1) is 5.69 Å². The van der Waals surface area contributed by atoms with E-state index in [0.717, 1.165) is 29.7 Å². The third-order valence-corrected chi connectivity index (χ3v) is 4.23. The Bertz CT molecular complexity index is 762. The normalized spacial score (nSPS) is 13.8. The molecule has 1 heterocycles. The van der Waals surface area contributed by atoms with Gasteiger partial charge in [-0.15, -0.1) is 0 Å². The third-order valence-electron chi connectivity index (χ3n) is 4.01. The number of ether oxygens (including phenoxy) is 1. The fraction of sp³-hybridized carbons (Fsp3) is 0.278. The molecule has 0 saturated carbocycles. The highest BCUT2D eigenvalue weighted by Crippen LogP contribution is 2.34. The summed E-state index contributed by atoms with van der Waals surface area (Å²) >= 11 is 6.11. The van der Waals surface area contributed by atoms with Crippen LogP contribution in [-0.2, 0) is 6.42 Å². The lowest BCUT2D eigenvalue weighted by Gasteiger charge is -2.31. The largest absolute Gasteiger partial charge is 0.435 e. The summed E-state index contributed by atoms with van der Waals surface area (Å²) < 4.78 is 28.7. The second kappa shape index (κ2) is 6.77. The van der Waals surface area contributed by atoms with Crippen LogP contribution in [0, 0.1) is 6.92 Å². The van der Waals surface area contributed by atoms with E-state index in [1.807, 2.05) is 19.1 Å². The quantitative estimate of drug-likeness (QED) is 0.791. The Morgan fingerprint density at radius 2 is 1.96 bits per heavy atom. The van der Waals surface area contributed by atoms with Gasteiger partial charge in [-0.1, -0.05) is 11.6 Å². The summed E-state index contributed by atoms with van der Waals surface area (Å²) in [6, 6.07) is 9.48. The van der Waals surface area contributed by atoms with Crippen LogP contribution in [0.5, 0.6) is 5.75 Å². The van der Waals surface area contributed by atoms with Crippen molar-refractivity contribution in [1.29, 1.82) is 0 Å². The molecule has 0 aromatic heterocycles. The van der Waals surface area contributed by atoms with E-state index in [0.29, 0.717) is 17.1 Å². The van der Waals surface area contributed by atoms with Crippen molar-refractivity contribution in [3.8, 4) is 5.75 Å². The Morgan fingerprint density at radius 3 is 2.62 bits per heavy atom. The highest BCUT2D eigenvalue weighted by molar-refractivity contribution is 6.31. The predicted octanol–water partition coefficient (Wildman–Crippen LogP) is 4.84. The molecule has 0 radical (unpaired) electrons. The number of carbonyl (C=O) groups excluding carboxylic acids is 1. The van der Waals surface area contributed by atoms with Gasteiger partial charge >= 0.3 is 6.61 Å². The molecule has 1 aliphatic rings. The molecular formula is C18H16ClF2NO2. The molecule has 0 fully saturated rings. The summed E-state index contributed by atoms with van der Waals surface area (Å²) in [6.45, 7) is -0.340. The molecule has 126 valence electrons. The van der Waals surface area contributed by atoms with Crippen LogP contribution in [0.4, 0.5) is 14.5 Å². The first-order valence-corrected chi connectivity index (χ1v) is 7.99. The number of benzene rings is 2. The monoisotopic (exact) mass is 351 g/mol. The Kier molecular flexibility index (Phi) is 4.71. The number of fused-ring (bicyclic) bond motifs is 1. The second-order valence-corrected chi connectivity index (χ2v) is 6.13. The first-order valence-electron chi connectivity index (χ1n) is 7.61. The number of halogens is 3. The van der Waals surface area contributed by atoms with E-state index in [1.165, 1.54) is 24.3 Å². The standard InChI is InChI=1S/C18H16ClF2NO2/c1-11-9-14(19)10-13-3-2-8-22(16(11)13)17(23)12-4-6-15(7-5-12)24-18(20)21/h4-7,9-10,18H,2-3,8H2,1H3. The van der Waals surface area contributed by atoms with Crippen LogP contribution in [0.25, 0.3) is 0 Å². The van der Waals surface area contributed by atoms with Crippen LogP contribution in [0.2, 0.25) is 5.02 Å². The molecule has 2 aromatic rings. The van der Waals surface area contributed by atoms with E-state index in [4.69, 9.17) is 11.6 Å². The zero-order chi connectivity index (χ0) is 17.3. The van der Waals surface area contributed by atoms with Gasteiger partial charge in [-0.05, 0) is 67.3 Å². The van der Waals surface area contributed by atoms with Gasteiger partial charge in [-0.3, -0.25) is 4.79 Å². The highest BCUT2D eigenvalue weighted by Gasteiger charge is 2.25. The number of rotatable bonds is 3.